The summed E-state index contributed by atoms with van der Waals surface area (Å²) in [5.41, 5.74) is 2.28. The predicted molar refractivity (Wildman–Crippen MR) is 106 cm³/mol. The zero-order valence-electron chi connectivity index (χ0n) is 15.5. The van der Waals surface area contributed by atoms with Crippen molar-refractivity contribution in [2.75, 3.05) is 7.11 Å². The van der Waals surface area contributed by atoms with E-state index in [2.05, 4.69) is 6.08 Å². The van der Waals surface area contributed by atoms with Crippen LogP contribution in [0.15, 0.2) is 65.3 Å². The van der Waals surface area contributed by atoms with Crippen LogP contribution in [0.4, 0.5) is 0 Å². The Morgan fingerprint density at radius 2 is 1.74 bits per heavy atom. The lowest BCUT2D eigenvalue weighted by molar-refractivity contribution is 0.0600. The monoisotopic (exact) mass is 361 g/mol. The van der Waals surface area contributed by atoms with Gasteiger partial charge in [-0.1, -0.05) is 49.6 Å². The summed E-state index contributed by atoms with van der Waals surface area (Å²) in [6.45, 7) is 0. The molecular weight excluding hydrogens is 338 g/mol. The minimum atomic E-state index is -0.329. The average molecular weight is 361 g/mol. The lowest BCUT2D eigenvalue weighted by atomic mass is 9.80. The van der Waals surface area contributed by atoms with Gasteiger partial charge >= 0.3 is 5.97 Å². The van der Waals surface area contributed by atoms with Gasteiger partial charge in [-0.05, 0) is 48.7 Å². The molecule has 1 spiro atoms. The maximum absolute atomic E-state index is 11.6. The summed E-state index contributed by atoms with van der Waals surface area (Å²) in [7, 11) is 1.39. The fourth-order valence-electron chi connectivity index (χ4n) is 3.82. The third-order valence-corrected chi connectivity index (χ3v) is 5.31. The normalized spacial score (nSPS) is 19.6. The Labute approximate surface area is 159 Å². The molecule has 4 nitrogen and oxygen atoms in total. The first kappa shape index (κ1) is 17.5. The van der Waals surface area contributed by atoms with Crippen LogP contribution in [0.2, 0.25) is 0 Å². The average Bonchev–Trinajstić information content (AvgIpc) is 3.06. The van der Waals surface area contributed by atoms with Crippen LogP contribution in [0.25, 0.3) is 6.08 Å². The van der Waals surface area contributed by atoms with E-state index in [0.717, 1.165) is 42.6 Å². The van der Waals surface area contributed by atoms with Crippen LogP contribution in [0.5, 0.6) is 0 Å². The second kappa shape index (κ2) is 7.39. The second-order valence-corrected chi connectivity index (χ2v) is 7.10. The first-order chi connectivity index (χ1) is 13.2. The van der Waals surface area contributed by atoms with Crippen LogP contribution >= 0.6 is 0 Å². The van der Waals surface area contributed by atoms with E-state index in [9.17, 15) is 4.79 Å². The van der Waals surface area contributed by atoms with Crippen molar-refractivity contribution in [3.8, 4) is 0 Å². The van der Waals surface area contributed by atoms with Gasteiger partial charge in [-0.3, -0.25) is 0 Å². The molecular formula is C23H23NO3. The third-order valence-electron chi connectivity index (χ3n) is 5.31. The first-order valence-corrected chi connectivity index (χ1v) is 9.44. The fraction of sp³-hybridized carbons (Fsp3) is 0.304. The number of ether oxygens (including phenoxy) is 2. The predicted octanol–water partition coefficient (Wildman–Crippen LogP) is 4.99. The number of carbonyl (C=O) groups is 1. The Kier molecular flexibility index (Phi) is 4.80. The zero-order valence-corrected chi connectivity index (χ0v) is 15.5. The fourth-order valence-corrected chi connectivity index (χ4v) is 3.82. The van der Waals surface area contributed by atoms with E-state index in [1.54, 1.807) is 12.1 Å². The van der Waals surface area contributed by atoms with Gasteiger partial charge < -0.3 is 9.47 Å². The van der Waals surface area contributed by atoms with Crippen molar-refractivity contribution in [3.63, 3.8) is 0 Å². The van der Waals surface area contributed by atoms with Gasteiger partial charge in [0, 0.05) is 5.56 Å². The quantitative estimate of drug-likeness (QED) is 0.723. The molecule has 2 aliphatic rings. The van der Waals surface area contributed by atoms with Crippen LogP contribution in [-0.4, -0.2) is 24.5 Å². The lowest BCUT2D eigenvalue weighted by Gasteiger charge is -2.29. The molecule has 1 aliphatic carbocycles. The number of hydrogen-bond acceptors (Lipinski definition) is 4. The molecule has 138 valence electrons. The molecule has 0 saturated heterocycles. The maximum Gasteiger partial charge on any atom is 0.337 e. The summed E-state index contributed by atoms with van der Waals surface area (Å²) in [6, 6.07) is 17.4. The van der Waals surface area contributed by atoms with Gasteiger partial charge in [-0.15, -0.1) is 0 Å². The Morgan fingerprint density at radius 1 is 1.04 bits per heavy atom. The zero-order chi connectivity index (χ0) is 18.7. The minimum absolute atomic E-state index is 0.259. The smallest absolute Gasteiger partial charge is 0.337 e. The van der Waals surface area contributed by atoms with Gasteiger partial charge in [0.2, 0.25) is 5.90 Å². The molecule has 4 heteroatoms. The van der Waals surface area contributed by atoms with Crippen LogP contribution in [0, 0.1) is 0 Å². The van der Waals surface area contributed by atoms with E-state index in [-0.39, 0.29) is 11.5 Å². The minimum Gasteiger partial charge on any atom is -0.465 e. The third kappa shape index (κ3) is 3.52. The van der Waals surface area contributed by atoms with Crippen molar-refractivity contribution in [2.45, 2.75) is 37.6 Å². The van der Waals surface area contributed by atoms with E-state index in [0.29, 0.717) is 11.5 Å². The van der Waals surface area contributed by atoms with Crippen LogP contribution in [0.3, 0.4) is 0 Å². The topological polar surface area (TPSA) is 47.9 Å². The number of rotatable bonds is 3. The Morgan fingerprint density at radius 3 is 2.41 bits per heavy atom. The van der Waals surface area contributed by atoms with E-state index in [1.165, 1.54) is 13.5 Å². The lowest BCUT2D eigenvalue weighted by Crippen LogP contribution is -2.29. The van der Waals surface area contributed by atoms with E-state index >= 15 is 0 Å². The molecule has 0 bridgehead atoms. The maximum atomic E-state index is 11.6. The second-order valence-electron chi connectivity index (χ2n) is 7.10. The Bertz CT molecular complexity index is 876. The van der Waals surface area contributed by atoms with Crippen molar-refractivity contribution in [3.05, 3.63) is 77.0 Å². The van der Waals surface area contributed by atoms with Crippen molar-refractivity contribution in [1.29, 1.82) is 0 Å². The van der Waals surface area contributed by atoms with E-state index < -0.39 is 0 Å². The molecule has 0 aromatic heterocycles. The Hall–Kier alpha value is -2.88. The van der Waals surface area contributed by atoms with Crippen molar-refractivity contribution in [1.82, 2.24) is 0 Å². The highest BCUT2D eigenvalue weighted by atomic mass is 16.5. The molecule has 2 aromatic carbocycles. The highest BCUT2D eigenvalue weighted by Crippen LogP contribution is 2.43. The Balaban J connectivity index is 1.66. The molecule has 0 amide bonds. The summed E-state index contributed by atoms with van der Waals surface area (Å²) < 4.78 is 11.0. The highest BCUT2D eigenvalue weighted by Gasteiger charge is 2.43. The van der Waals surface area contributed by atoms with Crippen molar-refractivity contribution >= 4 is 17.9 Å². The molecule has 0 atom stereocenters. The van der Waals surface area contributed by atoms with Gasteiger partial charge in [-0.2, -0.15) is 0 Å². The van der Waals surface area contributed by atoms with E-state index in [4.69, 9.17) is 14.5 Å². The van der Waals surface area contributed by atoms with Gasteiger partial charge in [0.05, 0.1) is 12.7 Å². The molecule has 0 radical (unpaired) electrons. The summed E-state index contributed by atoms with van der Waals surface area (Å²) in [5.74, 6) is 1.28. The first-order valence-electron chi connectivity index (χ1n) is 9.44. The summed E-state index contributed by atoms with van der Waals surface area (Å²) in [5, 5.41) is 0. The van der Waals surface area contributed by atoms with Gasteiger partial charge in [0.25, 0.3) is 0 Å². The highest BCUT2D eigenvalue weighted by molar-refractivity contribution is 5.97. The number of carbonyl (C=O) groups excluding carboxylic acids is 1. The number of hydrogen-bond donors (Lipinski definition) is 0. The van der Waals surface area contributed by atoms with Crippen molar-refractivity contribution < 1.29 is 14.3 Å². The largest absolute Gasteiger partial charge is 0.465 e. The number of nitrogens with zero attached hydrogens (tertiary/aromatic N) is 1. The number of aliphatic imine (C=N–C) groups is 1. The van der Waals surface area contributed by atoms with Crippen LogP contribution in [-0.2, 0) is 9.47 Å². The number of esters is 1. The van der Waals surface area contributed by atoms with E-state index in [1.807, 2.05) is 42.5 Å². The molecule has 1 fully saturated rings. The molecule has 4 rings (SSSR count). The molecule has 0 N–H and O–H groups in total. The summed E-state index contributed by atoms with van der Waals surface area (Å²) in [4.78, 5) is 16.7. The number of methoxy groups -OCH3 is 1. The van der Waals surface area contributed by atoms with Crippen molar-refractivity contribution in [2.24, 2.45) is 4.99 Å². The number of benzene rings is 2. The van der Waals surface area contributed by atoms with Gasteiger partial charge in [0.1, 0.15) is 11.3 Å². The van der Waals surface area contributed by atoms with Gasteiger partial charge in [-0.25, -0.2) is 9.79 Å². The molecule has 0 unspecified atom stereocenters. The molecule has 1 aliphatic heterocycles. The molecule has 27 heavy (non-hydrogen) atoms. The SMILES string of the molecule is COC(=O)c1ccc(/C=C2/OC(c3ccccc3)=NC23CCCCC3)cc1. The summed E-state index contributed by atoms with van der Waals surface area (Å²) >= 11 is 0. The van der Waals surface area contributed by atoms with Crippen LogP contribution < -0.4 is 0 Å². The van der Waals surface area contributed by atoms with Gasteiger partial charge in [0.15, 0.2) is 0 Å². The standard InChI is InChI=1S/C23H23NO3/c1-26-22(25)19-12-10-17(11-13-19)16-20-23(14-6-3-7-15-23)24-21(27-20)18-8-4-2-5-9-18/h2,4-5,8-13,16H,3,6-7,14-15H2,1H3/b20-16+. The van der Waals surface area contributed by atoms with Crippen LogP contribution in [0.1, 0.15) is 53.6 Å². The molecule has 2 aromatic rings. The molecule has 1 saturated carbocycles. The summed E-state index contributed by atoms with van der Waals surface area (Å²) in [6.07, 6.45) is 7.65. The molecule has 1 heterocycles.